The minimum Gasteiger partial charge on any atom is -0.437 e. The van der Waals surface area contributed by atoms with Gasteiger partial charge in [0, 0.05) is 12.4 Å². The number of carbonyl (C=O) groups is 1. The van der Waals surface area contributed by atoms with Crippen LogP contribution in [0.5, 0.6) is 11.6 Å². The molecule has 0 fully saturated rings. The molecule has 0 aliphatic heterocycles. The van der Waals surface area contributed by atoms with Gasteiger partial charge in [-0.1, -0.05) is 18.2 Å². The van der Waals surface area contributed by atoms with Crippen molar-refractivity contribution in [3.8, 4) is 22.3 Å². The van der Waals surface area contributed by atoms with Crippen LogP contribution in [-0.2, 0) is 0 Å². The lowest BCUT2D eigenvalue weighted by Gasteiger charge is -2.13. The maximum Gasteiger partial charge on any atom is 0.267 e. The molecule has 1 amide bonds. The summed E-state index contributed by atoms with van der Waals surface area (Å²) in [5.74, 6) is 0.785. The van der Waals surface area contributed by atoms with Crippen LogP contribution >= 0.6 is 11.3 Å². The van der Waals surface area contributed by atoms with Gasteiger partial charge in [-0.25, -0.2) is 9.97 Å². The number of aromatic nitrogens is 3. The van der Waals surface area contributed by atoms with Crippen molar-refractivity contribution >= 4 is 22.9 Å². The Kier molecular flexibility index (Phi) is 5.54. The van der Waals surface area contributed by atoms with Crippen molar-refractivity contribution in [3.05, 3.63) is 82.6 Å². The monoisotopic (exact) mass is 416 g/mol. The minimum atomic E-state index is -0.258. The first kappa shape index (κ1) is 19.7. The second-order valence-corrected chi connectivity index (χ2v) is 7.76. The maximum absolute atomic E-state index is 13.0. The molecule has 7 heteroatoms. The predicted molar refractivity (Wildman–Crippen MR) is 118 cm³/mol. The van der Waals surface area contributed by atoms with Crippen LogP contribution in [0, 0.1) is 20.8 Å². The van der Waals surface area contributed by atoms with Crippen LogP contribution in [0.15, 0.2) is 60.9 Å². The highest BCUT2D eigenvalue weighted by Crippen LogP contribution is 2.32. The van der Waals surface area contributed by atoms with Gasteiger partial charge in [0.15, 0.2) is 0 Å². The lowest BCUT2D eigenvalue weighted by atomic mass is 10.1. The van der Waals surface area contributed by atoms with E-state index in [-0.39, 0.29) is 5.91 Å². The van der Waals surface area contributed by atoms with E-state index in [0.717, 1.165) is 16.8 Å². The molecule has 3 aromatic heterocycles. The van der Waals surface area contributed by atoms with Crippen LogP contribution in [0.4, 0.5) is 5.69 Å². The van der Waals surface area contributed by atoms with Crippen molar-refractivity contribution in [3.63, 3.8) is 0 Å². The zero-order valence-corrected chi connectivity index (χ0v) is 17.7. The Labute approximate surface area is 178 Å². The van der Waals surface area contributed by atoms with E-state index in [1.54, 1.807) is 24.5 Å². The number of amides is 1. The first-order valence-corrected chi connectivity index (χ1v) is 10.2. The predicted octanol–water partition coefficient (Wildman–Crippen LogP) is 5.57. The van der Waals surface area contributed by atoms with E-state index < -0.39 is 0 Å². The van der Waals surface area contributed by atoms with Crippen molar-refractivity contribution in [2.24, 2.45) is 0 Å². The summed E-state index contributed by atoms with van der Waals surface area (Å²) in [7, 11) is 0. The van der Waals surface area contributed by atoms with Crippen LogP contribution in [0.2, 0.25) is 0 Å². The quantitative estimate of drug-likeness (QED) is 0.460. The molecule has 150 valence electrons. The highest BCUT2D eigenvalue weighted by atomic mass is 32.1. The van der Waals surface area contributed by atoms with Gasteiger partial charge in [-0.15, -0.1) is 11.3 Å². The number of thiazole rings is 1. The first-order valence-electron chi connectivity index (χ1n) is 9.42. The third kappa shape index (κ3) is 4.06. The van der Waals surface area contributed by atoms with Gasteiger partial charge >= 0.3 is 0 Å². The summed E-state index contributed by atoms with van der Waals surface area (Å²) in [6.45, 7) is 5.83. The van der Waals surface area contributed by atoms with Gasteiger partial charge in [0.25, 0.3) is 5.91 Å². The Morgan fingerprint density at radius 1 is 0.967 bits per heavy atom. The number of anilines is 1. The molecule has 0 bridgehead atoms. The van der Waals surface area contributed by atoms with Crippen LogP contribution in [0.1, 0.15) is 26.5 Å². The van der Waals surface area contributed by atoms with Crippen molar-refractivity contribution in [2.45, 2.75) is 20.8 Å². The average Bonchev–Trinajstić information content (AvgIpc) is 3.15. The Bertz CT molecular complexity index is 1210. The van der Waals surface area contributed by atoms with Crippen molar-refractivity contribution in [2.75, 3.05) is 5.32 Å². The number of nitrogens with zero attached hydrogens (tertiary/aromatic N) is 3. The first-order chi connectivity index (χ1) is 14.5. The Hall–Kier alpha value is -3.58. The molecule has 0 atom stereocenters. The highest BCUT2D eigenvalue weighted by molar-refractivity contribution is 7.17. The molecule has 0 unspecified atom stereocenters. The summed E-state index contributed by atoms with van der Waals surface area (Å²) in [6.07, 6.45) is 3.34. The standard InChI is InChI=1S/C23H20N4O2S/c1-14-8-6-11-19(15(14)2)29-22-17(10-7-13-25-22)27-21(28)20-16(3)26-23(30-20)18-9-4-5-12-24-18/h4-13H,1-3H3,(H,27,28). The Balaban J connectivity index is 1.59. The summed E-state index contributed by atoms with van der Waals surface area (Å²) in [5.41, 5.74) is 4.04. The van der Waals surface area contributed by atoms with Crippen LogP contribution in [-0.4, -0.2) is 20.9 Å². The fraction of sp³-hybridized carbons (Fsp3) is 0.130. The molecular formula is C23H20N4O2S. The highest BCUT2D eigenvalue weighted by Gasteiger charge is 2.19. The summed E-state index contributed by atoms with van der Waals surface area (Å²) in [5, 5.41) is 3.62. The molecule has 4 rings (SSSR count). The number of benzene rings is 1. The van der Waals surface area contributed by atoms with Gasteiger partial charge in [-0.3, -0.25) is 9.78 Å². The fourth-order valence-electron chi connectivity index (χ4n) is 2.89. The van der Waals surface area contributed by atoms with Gasteiger partial charge in [-0.05, 0) is 62.2 Å². The second-order valence-electron chi connectivity index (χ2n) is 6.76. The molecule has 0 saturated carbocycles. The van der Waals surface area contributed by atoms with Gasteiger partial charge in [-0.2, -0.15) is 0 Å². The molecule has 0 aliphatic rings. The van der Waals surface area contributed by atoms with E-state index in [2.05, 4.69) is 20.3 Å². The number of ether oxygens (including phenoxy) is 1. The topological polar surface area (TPSA) is 77.0 Å². The largest absolute Gasteiger partial charge is 0.437 e. The zero-order valence-electron chi connectivity index (χ0n) is 16.8. The summed E-state index contributed by atoms with van der Waals surface area (Å²) in [6, 6.07) is 15.0. The molecular weight excluding hydrogens is 396 g/mol. The van der Waals surface area contributed by atoms with E-state index in [4.69, 9.17) is 4.74 Å². The molecule has 0 radical (unpaired) electrons. The van der Waals surface area contributed by atoms with Gasteiger partial charge in [0.2, 0.25) is 5.88 Å². The summed E-state index contributed by atoms with van der Waals surface area (Å²) < 4.78 is 6.01. The molecule has 1 aromatic carbocycles. The molecule has 0 aliphatic carbocycles. The Morgan fingerprint density at radius 3 is 2.60 bits per heavy atom. The van der Waals surface area contributed by atoms with E-state index >= 15 is 0 Å². The van der Waals surface area contributed by atoms with E-state index in [9.17, 15) is 4.79 Å². The number of hydrogen-bond acceptors (Lipinski definition) is 6. The fourth-order valence-corrected chi connectivity index (χ4v) is 3.83. The zero-order chi connectivity index (χ0) is 21.1. The van der Waals surface area contributed by atoms with E-state index in [0.29, 0.717) is 32.9 Å². The Morgan fingerprint density at radius 2 is 1.80 bits per heavy atom. The number of rotatable bonds is 5. The summed E-state index contributed by atoms with van der Waals surface area (Å²) >= 11 is 1.31. The molecule has 4 aromatic rings. The van der Waals surface area contributed by atoms with Crippen LogP contribution < -0.4 is 10.1 Å². The number of pyridine rings is 2. The van der Waals surface area contributed by atoms with Crippen LogP contribution in [0.25, 0.3) is 10.7 Å². The third-order valence-electron chi connectivity index (χ3n) is 4.67. The normalized spacial score (nSPS) is 10.6. The number of aryl methyl sites for hydroxylation is 2. The SMILES string of the molecule is Cc1cccc(Oc2ncccc2NC(=O)c2sc(-c3ccccn3)nc2C)c1C. The maximum atomic E-state index is 13.0. The molecule has 30 heavy (non-hydrogen) atoms. The van der Waals surface area contributed by atoms with Crippen molar-refractivity contribution in [1.29, 1.82) is 0 Å². The molecule has 6 nitrogen and oxygen atoms in total. The number of hydrogen-bond donors (Lipinski definition) is 1. The van der Waals surface area contributed by atoms with E-state index in [1.807, 2.05) is 57.2 Å². The lowest BCUT2D eigenvalue weighted by molar-refractivity contribution is 0.102. The second kappa shape index (κ2) is 8.42. The number of nitrogens with one attached hydrogen (secondary N) is 1. The summed E-state index contributed by atoms with van der Waals surface area (Å²) in [4.78, 5) is 26.6. The van der Waals surface area contributed by atoms with Gasteiger partial charge in [0.05, 0.1) is 11.4 Å². The van der Waals surface area contributed by atoms with Gasteiger partial charge < -0.3 is 10.1 Å². The number of carbonyl (C=O) groups excluding carboxylic acids is 1. The molecule has 1 N–H and O–H groups in total. The molecule has 3 heterocycles. The van der Waals surface area contributed by atoms with Crippen molar-refractivity contribution in [1.82, 2.24) is 15.0 Å². The molecule has 0 saturated heterocycles. The average molecular weight is 417 g/mol. The van der Waals surface area contributed by atoms with Crippen molar-refractivity contribution < 1.29 is 9.53 Å². The smallest absolute Gasteiger partial charge is 0.267 e. The van der Waals surface area contributed by atoms with E-state index in [1.165, 1.54) is 11.3 Å². The van der Waals surface area contributed by atoms with Crippen LogP contribution in [0.3, 0.4) is 0 Å². The molecule has 0 spiro atoms. The van der Waals surface area contributed by atoms with Gasteiger partial charge in [0.1, 0.15) is 21.3 Å². The third-order valence-corrected chi connectivity index (χ3v) is 5.85. The lowest BCUT2D eigenvalue weighted by Crippen LogP contribution is -2.12. The minimum absolute atomic E-state index is 0.258.